The van der Waals surface area contributed by atoms with Gasteiger partial charge in [-0.05, 0) is 68.5 Å². The van der Waals surface area contributed by atoms with E-state index >= 15 is 0 Å². The number of halogens is 1. The number of carbonyl (C=O) groups excluding carboxylic acids is 1. The maximum absolute atomic E-state index is 13.1. The van der Waals surface area contributed by atoms with E-state index in [1.807, 2.05) is 23.8 Å². The normalized spacial score (nSPS) is 18.2. The molecule has 1 unspecified atom stereocenters. The van der Waals surface area contributed by atoms with Crippen LogP contribution in [0, 0.1) is 0 Å². The van der Waals surface area contributed by atoms with Crippen LogP contribution < -0.4 is 4.80 Å². The van der Waals surface area contributed by atoms with Gasteiger partial charge >= 0.3 is 0 Å². The van der Waals surface area contributed by atoms with E-state index in [2.05, 4.69) is 17.1 Å². The summed E-state index contributed by atoms with van der Waals surface area (Å²) in [6, 6.07) is 11.4. The van der Waals surface area contributed by atoms with Crippen LogP contribution in [0.25, 0.3) is 10.2 Å². The van der Waals surface area contributed by atoms with Crippen molar-refractivity contribution in [2.24, 2.45) is 4.99 Å². The van der Waals surface area contributed by atoms with Crippen LogP contribution in [-0.2, 0) is 21.4 Å². The molecule has 10 heteroatoms. The molecule has 2 heterocycles. The summed E-state index contributed by atoms with van der Waals surface area (Å²) in [7, 11) is -3.80. The lowest BCUT2D eigenvalue weighted by atomic mass is 10.2. The largest absolute Gasteiger partial charge is 0.317 e. The third-order valence-corrected chi connectivity index (χ3v) is 9.26. The van der Waals surface area contributed by atoms with E-state index < -0.39 is 22.0 Å². The zero-order valence-corrected chi connectivity index (χ0v) is 20.3. The number of fused-ring (bicyclic) bond motifs is 1. The topological polar surface area (TPSA) is 71.7 Å². The number of hydrogen-bond donors (Lipinski definition) is 0. The van der Waals surface area contributed by atoms with E-state index in [1.165, 1.54) is 39.9 Å². The highest BCUT2D eigenvalue weighted by Gasteiger charge is 2.39. The number of benzene rings is 2. The Morgan fingerprint density at radius 3 is 2.68 bits per heavy atom. The number of rotatable bonds is 5. The van der Waals surface area contributed by atoms with Crippen molar-refractivity contribution in [3.8, 4) is 0 Å². The first kappa shape index (κ1) is 22.5. The zero-order valence-electron chi connectivity index (χ0n) is 17.1. The highest BCUT2D eigenvalue weighted by atomic mass is 35.5. The van der Waals surface area contributed by atoms with E-state index in [4.69, 9.17) is 11.6 Å². The minimum Gasteiger partial charge on any atom is -0.317 e. The second-order valence-corrected chi connectivity index (χ2v) is 11.4. The Hall–Kier alpha value is -1.65. The smallest absolute Gasteiger partial charge is 0.266 e. The molecule has 6 nitrogen and oxygen atoms in total. The molecule has 31 heavy (non-hydrogen) atoms. The van der Waals surface area contributed by atoms with Crippen LogP contribution >= 0.6 is 34.7 Å². The van der Waals surface area contributed by atoms with Crippen molar-refractivity contribution in [3.05, 3.63) is 52.3 Å². The lowest BCUT2D eigenvalue weighted by Gasteiger charge is -2.21. The van der Waals surface area contributed by atoms with Gasteiger partial charge in [0.2, 0.25) is 10.0 Å². The summed E-state index contributed by atoms with van der Waals surface area (Å²) in [4.78, 5) is 19.4. The molecule has 0 radical (unpaired) electrons. The van der Waals surface area contributed by atoms with E-state index in [1.54, 1.807) is 11.8 Å². The molecule has 1 aliphatic rings. The number of aromatic nitrogens is 1. The predicted molar refractivity (Wildman–Crippen MR) is 126 cm³/mol. The van der Waals surface area contributed by atoms with Crippen molar-refractivity contribution in [1.29, 1.82) is 0 Å². The summed E-state index contributed by atoms with van der Waals surface area (Å²) < 4.78 is 30.6. The summed E-state index contributed by atoms with van der Waals surface area (Å²) in [5, 5.41) is 0.460. The third-order valence-electron chi connectivity index (χ3n) is 5.32. The second-order valence-electron chi connectivity index (χ2n) is 7.14. The number of nitrogens with zero attached hydrogens (tertiary/aromatic N) is 3. The van der Waals surface area contributed by atoms with E-state index in [-0.39, 0.29) is 4.90 Å². The van der Waals surface area contributed by atoms with Crippen molar-refractivity contribution in [2.45, 2.75) is 42.1 Å². The van der Waals surface area contributed by atoms with Gasteiger partial charge in [0.25, 0.3) is 5.91 Å². The number of hydrogen-bond acceptors (Lipinski definition) is 5. The van der Waals surface area contributed by atoms with Gasteiger partial charge in [0.1, 0.15) is 6.04 Å². The highest BCUT2D eigenvalue weighted by molar-refractivity contribution is 7.98. The van der Waals surface area contributed by atoms with E-state index in [0.717, 1.165) is 15.1 Å². The Balaban J connectivity index is 1.70. The Morgan fingerprint density at radius 1 is 1.26 bits per heavy atom. The first-order valence-corrected chi connectivity index (χ1v) is 13.7. The molecule has 3 aromatic rings. The molecule has 2 aromatic carbocycles. The summed E-state index contributed by atoms with van der Waals surface area (Å²) in [6.45, 7) is 2.97. The first-order chi connectivity index (χ1) is 14.8. The summed E-state index contributed by atoms with van der Waals surface area (Å²) in [5.41, 5.74) is 1.02. The summed E-state index contributed by atoms with van der Waals surface area (Å²) in [5.74, 6) is -0.422. The monoisotopic (exact) mass is 495 g/mol. The maximum atomic E-state index is 13.1. The van der Waals surface area contributed by atoms with Gasteiger partial charge in [-0.15, -0.1) is 11.8 Å². The van der Waals surface area contributed by atoms with Crippen LogP contribution in [0.1, 0.15) is 19.8 Å². The molecular formula is C21H22ClN3O3S3. The summed E-state index contributed by atoms with van der Waals surface area (Å²) in [6.07, 6.45) is 3.10. The molecule has 0 spiro atoms. The van der Waals surface area contributed by atoms with Crippen LogP contribution in [0.4, 0.5) is 0 Å². The van der Waals surface area contributed by atoms with Crippen molar-refractivity contribution in [3.63, 3.8) is 0 Å². The molecule has 1 fully saturated rings. The van der Waals surface area contributed by atoms with Crippen molar-refractivity contribution in [2.75, 3.05) is 12.8 Å². The minimum atomic E-state index is -3.80. The number of carbonyl (C=O) groups is 1. The lowest BCUT2D eigenvalue weighted by molar-refractivity contribution is -0.121. The lowest BCUT2D eigenvalue weighted by Crippen LogP contribution is -2.40. The van der Waals surface area contributed by atoms with Crippen LogP contribution in [0.15, 0.2) is 57.2 Å². The van der Waals surface area contributed by atoms with Gasteiger partial charge in [-0.3, -0.25) is 4.79 Å². The summed E-state index contributed by atoms with van der Waals surface area (Å²) >= 11 is 9.00. The van der Waals surface area contributed by atoms with Gasteiger partial charge in [0.15, 0.2) is 4.80 Å². The Kier molecular flexibility index (Phi) is 6.60. The van der Waals surface area contributed by atoms with Crippen LogP contribution in [0.5, 0.6) is 0 Å². The Morgan fingerprint density at radius 2 is 2.00 bits per heavy atom. The van der Waals surface area contributed by atoms with Gasteiger partial charge < -0.3 is 4.57 Å². The molecule has 0 N–H and O–H groups in total. The quantitative estimate of drug-likeness (QED) is 0.492. The molecule has 1 atom stereocenters. The molecular weight excluding hydrogens is 474 g/mol. The predicted octanol–water partition coefficient (Wildman–Crippen LogP) is 4.38. The van der Waals surface area contributed by atoms with Crippen molar-refractivity contribution in [1.82, 2.24) is 8.87 Å². The molecule has 0 aliphatic carbocycles. The van der Waals surface area contributed by atoms with Gasteiger partial charge in [-0.25, -0.2) is 8.42 Å². The SMILES string of the molecule is CCn1c(=NC(=O)C2CCCN2S(=O)(=O)c2ccc(Cl)cc2)sc2cc(SC)ccc21. The van der Waals surface area contributed by atoms with Gasteiger partial charge in [-0.2, -0.15) is 9.30 Å². The fraction of sp³-hybridized carbons (Fsp3) is 0.333. The fourth-order valence-corrected chi connectivity index (χ4v) is 7.19. The molecule has 164 valence electrons. The first-order valence-electron chi connectivity index (χ1n) is 9.88. The van der Waals surface area contributed by atoms with Crippen molar-refractivity contribution >= 4 is 60.8 Å². The third kappa shape index (κ3) is 4.34. The average Bonchev–Trinajstić information content (AvgIpc) is 3.38. The van der Waals surface area contributed by atoms with Crippen LogP contribution in [-0.4, -0.2) is 42.0 Å². The number of amides is 1. The number of thiazole rings is 1. The molecule has 1 aliphatic heterocycles. The van der Waals surface area contributed by atoms with Gasteiger partial charge in [0.05, 0.1) is 15.1 Å². The molecule has 1 aromatic heterocycles. The second kappa shape index (κ2) is 9.07. The van der Waals surface area contributed by atoms with Gasteiger partial charge in [-0.1, -0.05) is 22.9 Å². The molecule has 4 rings (SSSR count). The highest BCUT2D eigenvalue weighted by Crippen LogP contribution is 2.28. The zero-order chi connectivity index (χ0) is 22.2. The number of thioether (sulfide) groups is 1. The molecule has 1 saturated heterocycles. The Labute approximate surface area is 194 Å². The van der Waals surface area contributed by atoms with E-state index in [0.29, 0.717) is 35.8 Å². The molecule has 0 saturated carbocycles. The number of aryl methyl sites for hydroxylation is 1. The van der Waals surface area contributed by atoms with Crippen LogP contribution in [0.2, 0.25) is 5.02 Å². The maximum Gasteiger partial charge on any atom is 0.266 e. The van der Waals surface area contributed by atoms with E-state index in [9.17, 15) is 13.2 Å². The minimum absolute atomic E-state index is 0.131. The van der Waals surface area contributed by atoms with Gasteiger partial charge in [0, 0.05) is 23.0 Å². The molecule has 1 amide bonds. The van der Waals surface area contributed by atoms with Crippen LogP contribution in [0.3, 0.4) is 0 Å². The fourth-order valence-electron chi connectivity index (χ4n) is 3.76. The molecule has 0 bridgehead atoms. The standard InChI is InChI=1S/C21H22ClN3O3S3/c1-3-24-17-11-8-15(29-2)13-19(17)30-21(24)23-20(26)18-5-4-12-25(18)31(27,28)16-9-6-14(22)7-10-16/h6-11,13,18H,3-5,12H2,1-2H3. The Bertz CT molecular complexity index is 1300. The number of sulfonamides is 1. The van der Waals surface area contributed by atoms with Crippen molar-refractivity contribution < 1.29 is 13.2 Å². The average molecular weight is 496 g/mol.